The number of aryl methyl sites for hydroxylation is 1. The van der Waals surface area contributed by atoms with Crippen molar-refractivity contribution in [2.75, 3.05) is 0 Å². The third kappa shape index (κ3) is 1.52. The minimum Gasteiger partial charge on any atom is -0.292 e. The lowest BCUT2D eigenvalue weighted by Crippen LogP contribution is -2.22. The van der Waals surface area contributed by atoms with Crippen molar-refractivity contribution in [2.45, 2.75) is 20.8 Å². The molecule has 0 amide bonds. The largest absolute Gasteiger partial charge is 0.292 e. The van der Waals surface area contributed by atoms with E-state index in [1.54, 1.807) is 7.05 Å². The molecule has 1 rings (SSSR count). The molecule has 0 N–H and O–H groups in total. The minimum atomic E-state index is -0.366. The average molecular weight is 167 g/mol. The van der Waals surface area contributed by atoms with Gasteiger partial charge in [-0.3, -0.25) is 4.79 Å². The number of carbonyl (C=O) groups is 1. The van der Waals surface area contributed by atoms with Gasteiger partial charge in [-0.15, -0.1) is 5.10 Å². The monoisotopic (exact) mass is 167 g/mol. The molecule has 4 heteroatoms. The normalized spacial score (nSPS) is 11.7. The highest BCUT2D eigenvalue weighted by Gasteiger charge is 2.25. The summed E-state index contributed by atoms with van der Waals surface area (Å²) < 4.78 is 1.49. The Labute approximate surface area is 71.6 Å². The minimum absolute atomic E-state index is 0.0648. The van der Waals surface area contributed by atoms with Gasteiger partial charge >= 0.3 is 0 Å². The number of aromatic nitrogens is 3. The summed E-state index contributed by atoms with van der Waals surface area (Å²) in [5.41, 5.74) is 0.192. The predicted molar refractivity (Wildman–Crippen MR) is 44.8 cm³/mol. The van der Waals surface area contributed by atoms with Crippen molar-refractivity contribution < 1.29 is 4.79 Å². The van der Waals surface area contributed by atoms with E-state index in [4.69, 9.17) is 0 Å². The summed E-state index contributed by atoms with van der Waals surface area (Å²) in [6, 6.07) is 0. The first-order chi connectivity index (χ1) is 5.43. The molecular weight excluding hydrogens is 154 g/mol. The van der Waals surface area contributed by atoms with Gasteiger partial charge in [0.1, 0.15) is 5.69 Å². The molecule has 0 aliphatic carbocycles. The molecule has 1 aromatic rings. The van der Waals surface area contributed by atoms with Gasteiger partial charge in [-0.25, -0.2) is 4.68 Å². The third-order valence-corrected chi connectivity index (χ3v) is 1.63. The predicted octanol–water partition coefficient (Wildman–Crippen LogP) is 1.04. The van der Waals surface area contributed by atoms with Gasteiger partial charge in [0.25, 0.3) is 0 Å². The molecule has 0 atom stereocenters. The fourth-order valence-corrected chi connectivity index (χ4v) is 0.879. The summed E-state index contributed by atoms with van der Waals surface area (Å²) in [7, 11) is 1.71. The number of carbonyl (C=O) groups excluding carboxylic acids is 1. The first kappa shape index (κ1) is 8.90. The third-order valence-electron chi connectivity index (χ3n) is 1.63. The maximum absolute atomic E-state index is 11.6. The molecule has 1 heterocycles. The van der Waals surface area contributed by atoms with E-state index < -0.39 is 0 Å². The van der Waals surface area contributed by atoms with Crippen LogP contribution in [-0.4, -0.2) is 20.8 Å². The fourth-order valence-electron chi connectivity index (χ4n) is 0.879. The standard InChI is InChI=1S/C8H13N3O/c1-8(2,3)7(12)6-5-9-10-11(6)4/h5H,1-4H3. The average Bonchev–Trinajstić information content (AvgIpc) is 2.31. The Bertz CT molecular complexity index is 295. The SMILES string of the molecule is Cn1nncc1C(=O)C(C)(C)C. The molecule has 0 fully saturated rings. The lowest BCUT2D eigenvalue weighted by Gasteiger charge is -2.15. The maximum atomic E-state index is 11.6. The van der Waals surface area contributed by atoms with Crippen LogP contribution in [0, 0.1) is 5.41 Å². The Kier molecular flexibility index (Phi) is 2.00. The highest BCUT2D eigenvalue weighted by Crippen LogP contribution is 2.19. The van der Waals surface area contributed by atoms with Gasteiger partial charge in [0, 0.05) is 12.5 Å². The highest BCUT2D eigenvalue weighted by atomic mass is 16.1. The molecule has 0 saturated carbocycles. The number of ketones is 1. The molecule has 0 aromatic carbocycles. The topological polar surface area (TPSA) is 47.8 Å². The Hall–Kier alpha value is -1.19. The zero-order chi connectivity index (χ0) is 9.35. The molecule has 0 unspecified atom stereocenters. The summed E-state index contributed by atoms with van der Waals surface area (Å²) in [5, 5.41) is 7.35. The molecular formula is C8H13N3O. The zero-order valence-electron chi connectivity index (χ0n) is 7.83. The summed E-state index contributed by atoms with van der Waals surface area (Å²) >= 11 is 0. The van der Waals surface area contributed by atoms with Gasteiger partial charge in [-0.05, 0) is 0 Å². The van der Waals surface area contributed by atoms with Crippen molar-refractivity contribution in [3.05, 3.63) is 11.9 Å². The Morgan fingerprint density at radius 3 is 2.42 bits per heavy atom. The molecule has 0 saturated heterocycles. The number of hydrogen-bond donors (Lipinski definition) is 0. The van der Waals surface area contributed by atoms with Gasteiger partial charge in [-0.1, -0.05) is 26.0 Å². The maximum Gasteiger partial charge on any atom is 0.187 e. The van der Waals surface area contributed by atoms with Crippen molar-refractivity contribution in [2.24, 2.45) is 12.5 Å². The van der Waals surface area contributed by atoms with Gasteiger partial charge < -0.3 is 0 Å². The Morgan fingerprint density at radius 1 is 1.50 bits per heavy atom. The number of hydrogen-bond acceptors (Lipinski definition) is 3. The molecule has 1 aromatic heterocycles. The van der Waals surface area contributed by atoms with Crippen LogP contribution in [0.2, 0.25) is 0 Å². The molecule has 4 nitrogen and oxygen atoms in total. The second-order valence-electron chi connectivity index (χ2n) is 3.82. The van der Waals surface area contributed by atoms with Crippen LogP contribution in [0.1, 0.15) is 31.3 Å². The molecule has 0 bridgehead atoms. The first-order valence-electron chi connectivity index (χ1n) is 3.82. The molecule has 0 aliphatic rings. The quantitative estimate of drug-likeness (QED) is 0.587. The van der Waals surface area contributed by atoms with E-state index in [0.29, 0.717) is 5.69 Å². The molecule has 12 heavy (non-hydrogen) atoms. The smallest absolute Gasteiger partial charge is 0.187 e. The van der Waals surface area contributed by atoms with Crippen LogP contribution in [0.5, 0.6) is 0 Å². The van der Waals surface area contributed by atoms with Crippen LogP contribution in [0.15, 0.2) is 6.20 Å². The van der Waals surface area contributed by atoms with Crippen molar-refractivity contribution in [1.29, 1.82) is 0 Å². The molecule has 0 spiro atoms. The van der Waals surface area contributed by atoms with E-state index in [0.717, 1.165) is 0 Å². The molecule has 66 valence electrons. The van der Waals surface area contributed by atoms with E-state index in [9.17, 15) is 4.79 Å². The lowest BCUT2D eigenvalue weighted by molar-refractivity contribution is 0.0848. The van der Waals surface area contributed by atoms with Crippen LogP contribution in [-0.2, 0) is 7.05 Å². The lowest BCUT2D eigenvalue weighted by atomic mass is 9.89. The molecule has 0 aliphatic heterocycles. The van der Waals surface area contributed by atoms with Crippen molar-refractivity contribution in [3.63, 3.8) is 0 Å². The summed E-state index contributed by atoms with van der Waals surface area (Å²) in [4.78, 5) is 11.6. The zero-order valence-corrected chi connectivity index (χ0v) is 7.83. The van der Waals surface area contributed by atoms with E-state index >= 15 is 0 Å². The van der Waals surface area contributed by atoms with Crippen LogP contribution < -0.4 is 0 Å². The van der Waals surface area contributed by atoms with E-state index in [1.807, 2.05) is 20.8 Å². The van der Waals surface area contributed by atoms with Gasteiger partial charge in [-0.2, -0.15) is 0 Å². The van der Waals surface area contributed by atoms with E-state index in [-0.39, 0.29) is 11.2 Å². The van der Waals surface area contributed by atoms with E-state index in [2.05, 4.69) is 10.3 Å². The summed E-state index contributed by atoms with van der Waals surface area (Å²) in [6.45, 7) is 5.63. The van der Waals surface area contributed by atoms with Gasteiger partial charge in [0.15, 0.2) is 5.78 Å². The first-order valence-corrected chi connectivity index (χ1v) is 3.82. The summed E-state index contributed by atoms with van der Waals surface area (Å²) in [6.07, 6.45) is 1.49. The van der Waals surface area contributed by atoms with Gasteiger partial charge in [0.2, 0.25) is 0 Å². The Morgan fingerprint density at radius 2 is 2.08 bits per heavy atom. The van der Waals surface area contributed by atoms with E-state index in [1.165, 1.54) is 10.9 Å². The van der Waals surface area contributed by atoms with Crippen molar-refractivity contribution in [3.8, 4) is 0 Å². The van der Waals surface area contributed by atoms with Crippen molar-refractivity contribution in [1.82, 2.24) is 15.0 Å². The van der Waals surface area contributed by atoms with Crippen LogP contribution >= 0.6 is 0 Å². The number of nitrogens with zero attached hydrogens (tertiary/aromatic N) is 3. The summed E-state index contributed by atoms with van der Waals surface area (Å²) in [5.74, 6) is 0.0648. The second-order valence-corrected chi connectivity index (χ2v) is 3.82. The van der Waals surface area contributed by atoms with Gasteiger partial charge in [0.05, 0.1) is 6.20 Å². The van der Waals surface area contributed by atoms with Crippen molar-refractivity contribution >= 4 is 5.78 Å². The fraction of sp³-hybridized carbons (Fsp3) is 0.625. The molecule has 0 radical (unpaired) electrons. The van der Waals surface area contributed by atoms with Crippen LogP contribution in [0.3, 0.4) is 0 Å². The van der Waals surface area contributed by atoms with Crippen LogP contribution in [0.4, 0.5) is 0 Å². The number of Topliss-reactive ketones (excluding diaryl/α,β-unsaturated/α-hetero) is 1. The number of rotatable bonds is 1. The highest BCUT2D eigenvalue weighted by molar-refractivity contribution is 5.97. The second kappa shape index (κ2) is 2.69. The Balaban J connectivity index is 3.01. The van der Waals surface area contributed by atoms with Crippen LogP contribution in [0.25, 0.3) is 0 Å².